The lowest BCUT2D eigenvalue weighted by atomic mass is 10.1. The highest BCUT2D eigenvalue weighted by atomic mass is 19.1. The first-order chi connectivity index (χ1) is 14.1. The van der Waals surface area contributed by atoms with Gasteiger partial charge in [-0.25, -0.2) is 4.39 Å². The van der Waals surface area contributed by atoms with Crippen molar-refractivity contribution < 1.29 is 9.18 Å². The molecule has 3 N–H and O–H groups in total. The summed E-state index contributed by atoms with van der Waals surface area (Å²) in [6, 6.07) is 5.03. The number of nitrogens with zero attached hydrogens (tertiary/aromatic N) is 2. The van der Waals surface area contributed by atoms with E-state index < -0.39 is 0 Å². The van der Waals surface area contributed by atoms with Gasteiger partial charge in [-0.1, -0.05) is 12.8 Å². The van der Waals surface area contributed by atoms with Crippen LogP contribution in [0, 0.1) is 11.7 Å². The largest absolute Gasteiger partial charge is 0.361 e. The Morgan fingerprint density at radius 2 is 2.14 bits per heavy atom. The Kier molecular flexibility index (Phi) is 6.02. The SMILES string of the molecule is CN=C(NCCc1c[nH]c2ccc(F)cc12)NC1CCN(C(=O)C2CCCC2)C1. The summed E-state index contributed by atoms with van der Waals surface area (Å²) in [7, 11) is 1.76. The molecule has 4 rings (SSSR count). The standard InChI is InChI=1S/C22H30FN5O/c1-24-22(25-10-8-16-13-26-20-7-6-17(23)12-19(16)20)27-18-9-11-28(14-18)21(29)15-4-2-3-5-15/h6-7,12-13,15,18,26H,2-5,8-11,14H2,1H3,(H2,24,25,27). The normalized spacial score (nSPS) is 20.6. The minimum Gasteiger partial charge on any atom is -0.361 e. The number of amides is 1. The number of halogens is 1. The Bertz CT molecular complexity index is 886. The van der Waals surface area contributed by atoms with E-state index in [2.05, 4.69) is 20.6 Å². The van der Waals surface area contributed by atoms with Crippen molar-refractivity contribution in [2.75, 3.05) is 26.7 Å². The topological polar surface area (TPSA) is 72.5 Å². The molecule has 1 aliphatic carbocycles. The van der Waals surface area contributed by atoms with Crippen molar-refractivity contribution in [1.29, 1.82) is 0 Å². The van der Waals surface area contributed by atoms with Gasteiger partial charge in [0.15, 0.2) is 5.96 Å². The van der Waals surface area contributed by atoms with Gasteiger partial charge in [0.2, 0.25) is 5.91 Å². The maximum Gasteiger partial charge on any atom is 0.225 e. The number of H-pyrrole nitrogens is 1. The molecule has 1 aromatic carbocycles. The van der Waals surface area contributed by atoms with Crippen LogP contribution in [0.25, 0.3) is 10.9 Å². The third-order valence-electron chi connectivity index (χ3n) is 6.19. The zero-order chi connectivity index (χ0) is 20.2. The van der Waals surface area contributed by atoms with E-state index in [0.29, 0.717) is 12.5 Å². The van der Waals surface area contributed by atoms with Gasteiger partial charge in [0.05, 0.1) is 0 Å². The van der Waals surface area contributed by atoms with Crippen LogP contribution in [0.4, 0.5) is 4.39 Å². The van der Waals surface area contributed by atoms with Crippen molar-refractivity contribution in [2.24, 2.45) is 10.9 Å². The molecular weight excluding hydrogens is 369 g/mol. The fourth-order valence-electron chi connectivity index (χ4n) is 4.57. The monoisotopic (exact) mass is 399 g/mol. The number of fused-ring (bicyclic) bond motifs is 1. The summed E-state index contributed by atoms with van der Waals surface area (Å²) in [6.45, 7) is 2.27. The number of nitrogens with one attached hydrogen (secondary N) is 3. The lowest BCUT2D eigenvalue weighted by Crippen LogP contribution is -2.45. The highest BCUT2D eigenvalue weighted by Gasteiger charge is 2.32. The molecule has 1 unspecified atom stereocenters. The van der Waals surface area contributed by atoms with Crippen LogP contribution in [0.2, 0.25) is 0 Å². The number of hydrogen-bond acceptors (Lipinski definition) is 2. The Balaban J connectivity index is 1.25. The molecule has 1 aliphatic heterocycles. The van der Waals surface area contributed by atoms with Crippen LogP contribution in [0.5, 0.6) is 0 Å². The van der Waals surface area contributed by atoms with Gasteiger partial charge in [0.25, 0.3) is 0 Å². The Morgan fingerprint density at radius 1 is 1.31 bits per heavy atom. The van der Waals surface area contributed by atoms with Gasteiger partial charge >= 0.3 is 0 Å². The van der Waals surface area contributed by atoms with E-state index >= 15 is 0 Å². The predicted octanol–water partition coefficient (Wildman–Crippen LogP) is 2.81. The molecule has 1 saturated carbocycles. The summed E-state index contributed by atoms with van der Waals surface area (Å²) in [5.74, 6) is 1.10. The van der Waals surface area contributed by atoms with E-state index in [9.17, 15) is 9.18 Å². The van der Waals surface area contributed by atoms with Crippen LogP contribution in [-0.2, 0) is 11.2 Å². The van der Waals surface area contributed by atoms with Crippen molar-refractivity contribution in [2.45, 2.75) is 44.6 Å². The first kappa shape index (κ1) is 19.7. The number of hydrogen-bond donors (Lipinski definition) is 3. The molecule has 29 heavy (non-hydrogen) atoms. The number of guanidine groups is 1. The predicted molar refractivity (Wildman–Crippen MR) is 113 cm³/mol. The van der Waals surface area contributed by atoms with Crippen molar-refractivity contribution in [3.05, 3.63) is 35.8 Å². The van der Waals surface area contributed by atoms with Crippen LogP contribution in [0.15, 0.2) is 29.4 Å². The molecule has 2 heterocycles. The molecule has 156 valence electrons. The van der Waals surface area contributed by atoms with Gasteiger partial charge in [-0.2, -0.15) is 0 Å². The molecule has 0 bridgehead atoms. The van der Waals surface area contributed by atoms with E-state index in [1.165, 1.54) is 18.9 Å². The zero-order valence-electron chi connectivity index (χ0n) is 17.0. The summed E-state index contributed by atoms with van der Waals surface area (Å²) in [5, 5.41) is 7.71. The van der Waals surface area contributed by atoms with E-state index in [-0.39, 0.29) is 17.8 Å². The zero-order valence-corrected chi connectivity index (χ0v) is 17.0. The van der Waals surface area contributed by atoms with Crippen molar-refractivity contribution in [1.82, 2.24) is 20.5 Å². The van der Waals surface area contributed by atoms with Crippen molar-refractivity contribution in [3.63, 3.8) is 0 Å². The summed E-state index contributed by atoms with van der Waals surface area (Å²) in [5.41, 5.74) is 2.03. The smallest absolute Gasteiger partial charge is 0.225 e. The first-order valence-electron chi connectivity index (χ1n) is 10.7. The van der Waals surface area contributed by atoms with Crippen LogP contribution in [0.1, 0.15) is 37.7 Å². The number of aromatic nitrogens is 1. The molecule has 2 fully saturated rings. The van der Waals surface area contributed by atoms with Gasteiger partial charge in [0, 0.05) is 55.7 Å². The molecule has 6 nitrogen and oxygen atoms in total. The fourth-order valence-corrected chi connectivity index (χ4v) is 4.57. The number of aliphatic imine (C=N–C) groups is 1. The number of rotatable bonds is 5. The highest BCUT2D eigenvalue weighted by molar-refractivity contribution is 5.84. The van der Waals surface area contributed by atoms with Crippen molar-refractivity contribution in [3.8, 4) is 0 Å². The average Bonchev–Trinajstić information content (AvgIpc) is 3.48. The first-order valence-corrected chi connectivity index (χ1v) is 10.7. The maximum atomic E-state index is 13.5. The molecule has 2 aliphatic rings. The second kappa shape index (κ2) is 8.84. The maximum absolute atomic E-state index is 13.5. The Hall–Kier alpha value is -2.57. The molecular formula is C22H30FN5O. The second-order valence-electron chi connectivity index (χ2n) is 8.15. The molecule has 1 amide bonds. The van der Waals surface area contributed by atoms with E-state index in [1.807, 2.05) is 11.1 Å². The molecule has 2 aromatic rings. The van der Waals surface area contributed by atoms with Gasteiger partial charge in [-0.15, -0.1) is 0 Å². The van der Waals surface area contributed by atoms with Crippen LogP contribution in [-0.4, -0.2) is 54.5 Å². The van der Waals surface area contributed by atoms with E-state index in [4.69, 9.17) is 0 Å². The molecule has 0 spiro atoms. The van der Waals surface area contributed by atoms with E-state index in [1.54, 1.807) is 19.2 Å². The third-order valence-corrected chi connectivity index (χ3v) is 6.19. The number of carbonyl (C=O) groups is 1. The van der Waals surface area contributed by atoms with E-state index in [0.717, 1.165) is 61.2 Å². The minimum atomic E-state index is -0.221. The lowest BCUT2D eigenvalue weighted by molar-refractivity contribution is -0.134. The highest BCUT2D eigenvalue weighted by Crippen LogP contribution is 2.27. The van der Waals surface area contributed by atoms with Crippen LogP contribution >= 0.6 is 0 Å². The van der Waals surface area contributed by atoms with Gasteiger partial charge in [-0.05, 0) is 49.4 Å². The number of aromatic amines is 1. The number of benzene rings is 1. The second-order valence-corrected chi connectivity index (χ2v) is 8.15. The summed E-state index contributed by atoms with van der Waals surface area (Å²) < 4.78 is 13.5. The Morgan fingerprint density at radius 3 is 2.93 bits per heavy atom. The molecule has 1 saturated heterocycles. The fraction of sp³-hybridized carbons (Fsp3) is 0.545. The minimum absolute atomic E-state index is 0.221. The van der Waals surface area contributed by atoms with Crippen LogP contribution in [0.3, 0.4) is 0 Å². The average molecular weight is 400 g/mol. The molecule has 7 heteroatoms. The molecule has 1 aromatic heterocycles. The summed E-state index contributed by atoms with van der Waals surface area (Å²) in [6.07, 6.45) is 8.12. The summed E-state index contributed by atoms with van der Waals surface area (Å²) >= 11 is 0. The molecule has 0 radical (unpaired) electrons. The Labute approximate surface area is 171 Å². The lowest BCUT2D eigenvalue weighted by Gasteiger charge is -2.21. The van der Waals surface area contributed by atoms with Gasteiger partial charge in [0.1, 0.15) is 5.82 Å². The summed E-state index contributed by atoms with van der Waals surface area (Å²) in [4.78, 5) is 22.1. The van der Waals surface area contributed by atoms with Gasteiger partial charge in [-0.3, -0.25) is 9.79 Å². The molecule has 1 atom stereocenters. The van der Waals surface area contributed by atoms with Crippen molar-refractivity contribution >= 4 is 22.8 Å². The van der Waals surface area contributed by atoms with Crippen LogP contribution < -0.4 is 10.6 Å². The third kappa shape index (κ3) is 4.54. The van der Waals surface area contributed by atoms with Gasteiger partial charge < -0.3 is 20.5 Å². The number of carbonyl (C=O) groups excluding carboxylic acids is 1. The number of likely N-dealkylation sites (tertiary alicyclic amines) is 1. The quantitative estimate of drug-likeness (QED) is 0.535.